The summed E-state index contributed by atoms with van der Waals surface area (Å²) in [5.41, 5.74) is 2.03. The number of methoxy groups -OCH3 is 1. The highest BCUT2D eigenvalue weighted by Gasteiger charge is 2.39. The Hall–Kier alpha value is -3.19. The fourth-order valence-electron chi connectivity index (χ4n) is 3.46. The van der Waals surface area contributed by atoms with Crippen LogP contribution in [0.2, 0.25) is 0 Å². The van der Waals surface area contributed by atoms with Gasteiger partial charge in [-0.1, -0.05) is 24.3 Å². The number of carbonyl (C=O) groups excluding carboxylic acids is 1. The van der Waals surface area contributed by atoms with E-state index in [9.17, 15) is 4.79 Å². The van der Waals surface area contributed by atoms with Gasteiger partial charge in [-0.3, -0.25) is 4.98 Å². The smallest absolute Gasteiger partial charge is 0.338 e. The maximum atomic E-state index is 12.1. The summed E-state index contributed by atoms with van der Waals surface area (Å²) in [7, 11) is 3.29. The first-order valence-corrected chi connectivity index (χ1v) is 9.22. The fourth-order valence-corrected chi connectivity index (χ4v) is 3.70. The Balaban J connectivity index is 1.73. The topological polar surface area (TPSA) is 67.6 Å². The van der Waals surface area contributed by atoms with Crippen LogP contribution in [0.4, 0.5) is 0 Å². The molecule has 1 fully saturated rings. The van der Waals surface area contributed by atoms with Gasteiger partial charge in [-0.25, -0.2) is 4.79 Å². The number of likely N-dealkylation sites (N-methyl/N-ethyl adjacent to an activating group) is 1. The number of benzene rings is 1. The lowest BCUT2D eigenvalue weighted by Crippen LogP contribution is -2.24. The second-order valence-electron chi connectivity index (χ2n) is 6.48. The first-order valence-electron chi connectivity index (χ1n) is 8.82. The highest BCUT2D eigenvalue weighted by Crippen LogP contribution is 2.39. The molecule has 0 radical (unpaired) electrons. The summed E-state index contributed by atoms with van der Waals surface area (Å²) in [5, 5.41) is 3.95. The number of hydrogen-bond donors (Lipinski definition) is 1. The Morgan fingerprint density at radius 3 is 2.71 bits per heavy atom. The number of furan rings is 1. The molecule has 7 heteroatoms. The Morgan fingerprint density at radius 1 is 1.18 bits per heavy atom. The van der Waals surface area contributed by atoms with Crippen molar-refractivity contribution in [3.63, 3.8) is 0 Å². The van der Waals surface area contributed by atoms with Crippen LogP contribution in [-0.2, 0) is 4.74 Å². The minimum absolute atomic E-state index is 0.131. The molecule has 3 aromatic rings. The van der Waals surface area contributed by atoms with Crippen LogP contribution >= 0.6 is 12.2 Å². The molecule has 6 nitrogen and oxygen atoms in total. The van der Waals surface area contributed by atoms with E-state index >= 15 is 0 Å². The first-order chi connectivity index (χ1) is 13.6. The molecule has 0 unspecified atom stereocenters. The lowest BCUT2D eigenvalue weighted by Gasteiger charge is -2.21. The van der Waals surface area contributed by atoms with Crippen molar-refractivity contribution in [1.29, 1.82) is 0 Å². The van der Waals surface area contributed by atoms with Crippen LogP contribution in [0.3, 0.4) is 0 Å². The quantitative estimate of drug-likeness (QED) is 0.535. The van der Waals surface area contributed by atoms with Crippen molar-refractivity contribution in [2.24, 2.45) is 0 Å². The van der Waals surface area contributed by atoms with E-state index < -0.39 is 5.97 Å². The standard InChI is InChI=1S/C21H19N3O3S/c1-24-19(18(23-21(24)28)15-9-5-6-12-22-15)17-11-10-16(27-17)13-7-3-4-8-14(13)20(25)26-2/h3-12,18-19H,1-2H3,(H,23,28)/t18-,19-/m0/s1. The van der Waals surface area contributed by atoms with Crippen LogP contribution in [0.1, 0.15) is 33.9 Å². The number of nitrogens with one attached hydrogen (secondary N) is 1. The van der Waals surface area contributed by atoms with Gasteiger partial charge in [0.1, 0.15) is 17.6 Å². The molecule has 0 amide bonds. The Bertz CT molecular complexity index is 1020. The van der Waals surface area contributed by atoms with Crippen molar-refractivity contribution >= 4 is 23.3 Å². The van der Waals surface area contributed by atoms with E-state index in [0.717, 1.165) is 11.5 Å². The predicted octanol–water partition coefficient (Wildman–Crippen LogP) is 3.73. The molecule has 1 saturated heterocycles. The van der Waals surface area contributed by atoms with Gasteiger partial charge in [0, 0.05) is 18.8 Å². The predicted molar refractivity (Wildman–Crippen MR) is 109 cm³/mol. The molecular weight excluding hydrogens is 374 g/mol. The van der Waals surface area contributed by atoms with Crippen molar-refractivity contribution in [2.75, 3.05) is 14.2 Å². The van der Waals surface area contributed by atoms with E-state index in [1.165, 1.54) is 7.11 Å². The summed E-state index contributed by atoms with van der Waals surface area (Å²) in [6.45, 7) is 0. The second kappa shape index (κ2) is 7.44. The van der Waals surface area contributed by atoms with Crippen molar-refractivity contribution in [3.05, 3.63) is 77.8 Å². The third-order valence-electron chi connectivity index (χ3n) is 4.85. The molecule has 1 aliphatic rings. The SMILES string of the molecule is COC(=O)c1ccccc1-c1ccc([C@H]2[C@H](c3ccccn3)NC(=S)N2C)o1. The molecule has 2 atom stereocenters. The van der Waals surface area contributed by atoms with Gasteiger partial charge >= 0.3 is 5.97 Å². The molecule has 142 valence electrons. The Labute approximate surface area is 168 Å². The van der Waals surface area contributed by atoms with Crippen molar-refractivity contribution in [2.45, 2.75) is 12.1 Å². The molecular formula is C21H19N3O3S. The van der Waals surface area contributed by atoms with Gasteiger partial charge in [0.25, 0.3) is 0 Å². The van der Waals surface area contributed by atoms with Crippen molar-refractivity contribution < 1.29 is 13.9 Å². The van der Waals surface area contributed by atoms with Gasteiger partial charge in [0.2, 0.25) is 0 Å². The number of thiocarbonyl (C=S) groups is 1. The van der Waals surface area contributed by atoms with E-state index in [4.69, 9.17) is 21.4 Å². The van der Waals surface area contributed by atoms with Crippen LogP contribution in [0.25, 0.3) is 11.3 Å². The van der Waals surface area contributed by atoms with Crippen LogP contribution in [-0.4, -0.2) is 35.1 Å². The highest BCUT2D eigenvalue weighted by molar-refractivity contribution is 7.80. The van der Waals surface area contributed by atoms with Crippen LogP contribution < -0.4 is 5.32 Å². The Kier molecular flexibility index (Phi) is 4.83. The van der Waals surface area contributed by atoms with Gasteiger partial charge in [0.15, 0.2) is 5.11 Å². The van der Waals surface area contributed by atoms with E-state index in [0.29, 0.717) is 22.0 Å². The molecule has 0 aliphatic carbocycles. The lowest BCUT2D eigenvalue weighted by atomic mass is 10.0. The summed E-state index contributed by atoms with van der Waals surface area (Å²) < 4.78 is 11.1. The molecule has 0 bridgehead atoms. The molecule has 0 spiro atoms. The van der Waals surface area contributed by atoms with E-state index in [1.54, 1.807) is 18.3 Å². The number of pyridine rings is 1. The van der Waals surface area contributed by atoms with Crippen LogP contribution in [0.15, 0.2) is 65.2 Å². The van der Waals surface area contributed by atoms with Gasteiger partial charge in [0.05, 0.1) is 24.4 Å². The van der Waals surface area contributed by atoms with Crippen molar-refractivity contribution in [1.82, 2.24) is 15.2 Å². The van der Waals surface area contributed by atoms with Gasteiger partial charge < -0.3 is 19.4 Å². The maximum absolute atomic E-state index is 12.1. The molecule has 2 aromatic heterocycles. The second-order valence-corrected chi connectivity index (χ2v) is 6.86. The third kappa shape index (κ3) is 3.14. The molecule has 1 N–H and O–H groups in total. The number of ether oxygens (including phenoxy) is 1. The molecule has 1 aromatic carbocycles. The molecule has 4 rings (SSSR count). The molecule has 3 heterocycles. The number of carbonyl (C=O) groups is 1. The van der Waals surface area contributed by atoms with E-state index in [1.807, 2.05) is 54.4 Å². The summed E-state index contributed by atoms with van der Waals surface area (Å²) >= 11 is 5.45. The number of esters is 1. The fraction of sp³-hybridized carbons (Fsp3) is 0.190. The van der Waals surface area contributed by atoms with E-state index in [-0.39, 0.29) is 12.1 Å². The summed E-state index contributed by atoms with van der Waals surface area (Å²) in [6, 6.07) is 16.5. The summed E-state index contributed by atoms with van der Waals surface area (Å²) in [5.74, 6) is 0.933. The largest absolute Gasteiger partial charge is 0.465 e. The third-order valence-corrected chi connectivity index (χ3v) is 5.26. The normalized spacial score (nSPS) is 18.8. The van der Waals surface area contributed by atoms with Crippen molar-refractivity contribution in [3.8, 4) is 11.3 Å². The summed E-state index contributed by atoms with van der Waals surface area (Å²) in [6.07, 6.45) is 1.76. The minimum atomic E-state index is -0.402. The minimum Gasteiger partial charge on any atom is -0.465 e. The van der Waals surface area contributed by atoms with Gasteiger partial charge in [-0.2, -0.15) is 0 Å². The maximum Gasteiger partial charge on any atom is 0.338 e. The van der Waals surface area contributed by atoms with Gasteiger partial charge in [-0.15, -0.1) is 0 Å². The number of hydrogen-bond acceptors (Lipinski definition) is 5. The first kappa shape index (κ1) is 18.2. The Morgan fingerprint density at radius 2 is 1.96 bits per heavy atom. The average molecular weight is 393 g/mol. The molecule has 1 aliphatic heterocycles. The molecule has 28 heavy (non-hydrogen) atoms. The number of rotatable bonds is 4. The zero-order chi connectivity index (χ0) is 19.7. The highest BCUT2D eigenvalue weighted by atomic mass is 32.1. The van der Waals surface area contributed by atoms with Crippen LogP contribution in [0.5, 0.6) is 0 Å². The lowest BCUT2D eigenvalue weighted by molar-refractivity contribution is 0.0601. The number of nitrogens with zero attached hydrogens (tertiary/aromatic N) is 2. The van der Waals surface area contributed by atoms with E-state index in [2.05, 4.69) is 10.3 Å². The zero-order valence-corrected chi connectivity index (χ0v) is 16.3. The average Bonchev–Trinajstić information content (AvgIpc) is 3.33. The van der Waals surface area contributed by atoms with Crippen LogP contribution in [0, 0.1) is 0 Å². The molecule has 0 saturated carbocycles. The monoisotopic (exact) mass is 393 g/mol. The van der Waals surface area contributed by atoms with Gasteiger partial charge in [-0.05, 0) is 42.5 Å². The zero-order valence-electron chi connectivity index (χ0n) is 15.5. The summed E-state index contributed by atoms with van der Waals surface area (Å²) in [4.78, 5) is 18.5. The number of aromatic nitrogens is 1.